The maximum absolute atomic E-state index is 5.81. The van der Waals surface area contributed by atoms with E-state index in [1.807, 2.05) is 0 Å². The Labute approximate surface area is 129 Å². The topological polar surface area (TPSA) is 24.5 Å². The van der Waals surface area contributed by atoms with Gasteiger partial charge < -0.3 is 10.1 Å². The molecule has 1 N–H and O–H groups in total. The molecule has 21 heavy (non-hydrogen) atoms. The van der Waals surface area contributed by atoms with Crippen molar-refractivity contribution in [3.63, 3.8) is 0 Å². The summed E-state index contributed by atoms with van der Waals surface area (Å²) in [6, 6.07) is 7.14. The van der Waals surface area contributed by atoms with Crippen LogP contribution in [0.3, 0.4) is 0 Å². The zero-order chi connectivity index (χ0) is 15.2. The minimum Gasteiger partial charge on any atom is -0.377 e. The average molecular weight is 290 g/mol. The van der Waals surface area contributed by atoms with Gasteiger partial charge in [0.05, 0.1) is 6.10 Å². The summed E-state index contributed by atoms with van der Waals surface area (Å²) in [6.07, 6.45) is 2.87. The summed E-state index contributed by atoms with van der Waals surface area (Å²) in [4.78, 5) is 2.55. The fourth-order valence-electron chi connectivity index (χ4n) is 3.29. The lowest BCUT2D eigenvalue weighted by Gasteiger charge is -2.35. The highest BCUT2D eigenvalue weighted by atomic mass is 16.5. The third-order valence-corrected chi connectivity index (χ3v) is 4.46. The molecule has 1 aliphatic rings. The number of hydrogen-bond acceptors (Lipinski definition) is 3. The molecule has 3 heteroatoms. The van der Waals surface area contributed by atoms with E-state index in [4.69, 9.17) is 4.74 Å². The number of rotatable bonds is 6. The SMILES string of the molecule is CCOC1CCCN(CC(NC)c2cc(C)ccc2C)C1. The molecule has 2 rings (SSSR count). The fourth-order valence-corrected chi connectivity index (χ4v) is 3.29. The zero-order valence-electron chi connectivity index (χ0n) is 14.0. The van der Waals surface area contributed by atoms with Gasteiger partial charge in [-0.15, -0.1) is 0 Å². The molecule has 1 saturated heterocycles. The van der Waals surface area contributed by atoms with Crippen LogP contribution in [0.5, 0.6) is 0 Å². The molecule has 0 aromatic heterocycles. The number of piperidine rings is 1. The third kappa shape index (κ3) is 4.53. The van der Waals surface area contributed by atoms with E-state index < -0.39 is 0 Å². The van der Waals surface area contributed by atoms with Crippen LogP contribution in [0.1, 0.15) is 42.5 Å². The number of aryl methyl sites for hydroxylation is 2. The molecule has 1 aromatic rings. The molecule has 1 aromatic carbocycles. The van der Waals surface area contributed by atoms with Crippen molar-refractivity contribution in [2.24, 2.45) is 0 Å². The van der Waals surface area contributed by atoms with Gasteiger partial charge in [-0.3, -0.25) is 4.90 Å². The molecule has 2 unspecified atom stereocenters. The van der Waals surface area contributed by atoms with Gasteiger partial charge in [0.2, 0.25) is 0 Å². The van der Waals surface area contributed by atoms with Crippen LogP contribution < -0.4 is 5.32 Å². The van der Waals surface area contributed by atoms with E-state index >= 15 is 0 Å². The van der Waals surface area contributed by atoms with Crippen molar-refractivity contribution < 1.29 is 4.74 Å². The second kappa shape index (κ2) is 7.92. The Kier molecular flexibility index (Phi) is 6.22. The Morgan fingerprint density at radius 1 is 1.38 bits per heavy atom. The van der Waals surface area contributed by atoms with Crippen LogP contribution in [0.4, 0.5) is 0 Å². The van der Waals surface area contributed by atoms with E-state index in [9.17, 15) is 0 Å². The summed E-state index contributed by atoms with van der Waals surface area (Å²) >= 11 is 0. The molecule has 1 fully saturated rings. The maximum atomic E-state index is 5.81. The second-order valence-corrected chi connectivity index (χ2v) is 6.18. The van der Waals surface area contributed by atoms with Crippen molar-refractivity contribution in [1.82, 2.24) is 10.2 Å². The molecule has 0 saturated carbocycles. The average Bonchev–Trinajstić information content (AvgIpc) is 2.48. The van der Waals surface area contributed by atoms with Crippen molar-refractivity contribution in [3.05, 3.63) is 34.9 Å². The van der Waals surface area contributed by atoms with Crippen LogP contribution in [0.2, 0.25) is 0 Å². The molecular formula is C18H30N2O. The number of hydrogen-bond donors (Lipinski definition) is 1. The molecule has 0 radical (unpaired) electrons. The van der Waals surface area contributed by atoms with Gasteiger partial charge in [0, 0.05) is 25.7 Å². The molecule has 1 heterocycles. The van der Waals surface area contributed by atoms with Crippen LogP contribution in [0.15, 0.2) is 18.2 Å². The highest BCUT2D eigenvalue weighted by Crippen LogP contribution is 2.22. The quantitative estimate of drug-likeness (QED) is 0.871. The minimum atomic E-state index is 0.394. The number of nitrogens with zero attached hydrogens (tertiary/aromatic N) is 1. The predicted molar refractivity (Wildman–Crippen MR) is 88.8 cm³/mol. The molecule has 0 spiro atoms. The first kappa shape index (κ1) is 16.5. The summed E-state index contributed by atoms with van der Waals surface area (Å²) in [6.45, 7) is 10.6. The molecule has 0 bridgehead atoms. The van der Waals surface area contributed by atoms with Crippen molar-refractivity contribution >= 4 is 0 Å². The van der Waals surface area contributed by atoms with Crippen LogP contribution in [-0.2, 0) is 4.74 Å². The van der Waals surface area contributed by atoms with E-state index in [1.54, 1.807) is 0 Å². The lowest BCUT2D eigenvalue weighted by atomic mass is 9.97. The van der Waals surface area contributed by atoms with Gasteiger partial charge in [0.15, 0.2) is 0 Å². The van der Waals surface area contributed by atoms with Gasteiger partial charge in [0.25, 0.3) is 0 Å². The summed E-state index contributed by atoms with van der Waals surface area (Å²) in [5.41, 5.74) is 4.14. The van der Waals surface area contributed by atoms with E-state index in [0.717, 1.165) is 19.7 Å². The van der Waals surface area contributed by atoms with Crippen molar-refractivity contribution in [2.45, 2.75) is 45.8 Å². The van der Waals surface area contributed by atoms with E-state index in [0.29, 0.717) is 12.1 Å². The Hall–Kier alpha value is -0.900. The van der Waals surface area contributed by atoms with Crippen LogP contribution in [0.25, 0.3) is 0 Å². The van der Waals surface area contributed by atoms with Crippen molar-refractivity contribution in [3.8, 4) is 0 Å². The minimum absolute atomic E-state index is 0.394. The van der Waals surface area contributed by atoms with Crippen molar-refractivity contribution in [1.29, 1.82) is 0 Å². The first-order valence-corrected chi connectivity index (χ1v) is 8.22. The Balaban J connectivity index is 2.03. The Bertz CT molecular complexity index is 445. The van der Waals surface area contributed by atoms with Gasteiger partial charge >= 0.3 is 0 Å². The first-order chi connectivity index (χ1) is 10.1. The fraction of sp³-hybridized carbons (Fsp3) is 0.667. The van der Waals surface area contributed by atoms with E-state index in [2.05, 4.69) is 56.2 Å². The van der Waals surface area contributed by atoms with Crippen LogP contribution in [-0.4, -0.2) is 44.3 Å². The number of nitrogens with one attached hydrogen (secondary N) is 1. The molecular weight excluding hydrogens is 260 g/mol. The molecule has 118 valence electrons. The zero-order valence-corrected chi connectivity index (χ0v) is 14.0. The van der Waals surface area contributed by atoms with Gasteiger partial charge in [0.1, 0.15) is 0 Å². The Morgan fingerprint density at radius 3 is 2.90 bits per heavy atom. The summed E-state index contributed by atoms with van der Waals surface area (Å²) < 4.78 is 5.81. The number of benzene rings is 1. The monoisotopic (exact) mass is 290 g/mol. The van der Waals surface area contributed by atoms with Gasteiger partial charge in [-0.05, 0) is 58.3 Å². The van der Waals surface area contributed by atoms with E-state index in [1.165, 1.54) is 36.1 Å². The molecule has 0 aliphatic carbocycles. The predicted octanol–water partition coefficient (Wildman–Crippen LogP) is 3.06. The molecule has 3 nitrogen and oxygen atoms in total. The molecule has 1 aliphatic heterocycles. The summed E-state index contributed by atoms with van der Waals surface area (Å²) in [7, 11) is 2.07. The van der Waals surface area contributed by atoms with Crippen molar-refractivity contribution in [2.75, 3.05) is 33.3 Å². The summed E-state index contributed by atoms with van der Waals surface area (Å²) in [5.74, 6) is 0. The molecule has 2 atom stereocenters. The number of likely N-dealkylation sites (tertiary alicyclic amines) is 1. The second-order valence-electron chi connectivity index (χ2n) is 6.18. The maximum Gasteiger partial charge on any atom is 0.0702 e. The largest absolute Gasteiger partial charge is 0.377 e. The molecule has 0 amide bonds. The van der Waals surface area contributed by atoms with Gasteiger partial charge in [-0.25, -0.2) is 0 Å². The summed E-state index contributed by atoms with van der Waals surface area (Å²) in [5, 5.41) is 3.50. The normalized spacial score (nSPS) is 21.4. The van der Waals surface area contributed by atoms with Gasteiger partial charge in [-0.2, -0.15) is 0 Å². The number of ether oxygens (including phenoxy) is 1. The highest BCUT2D eigenvalue weighted by molar-refractivity contribution is 5.33. The van der Waals surface area contributed by atoms with Crippen LogP contribution in [0, 0.1) is 13.8 Å². The van der Waals surface area contributed by atoms with Gasteiger partial charge in [-0.1, -0.05) is 23.8 Å². The smallest absolute Gasteiger partial charge is 0.0702 e. The van der Waals surface area contributed by atoms with Crippen LogP contribution >= 0.6 is 0 Å². The lowest BCUT2D eigenvalue weighted by Crippen LogP contribution is -2.43. The third-order valence-electron chi connectivity index (χ3n) is 4.46. The highest BCUT2D eigenvalue weighted by Gasteiger charge is 2.23. The lowest BCUT2D eigenvalue weighted by molar-refractivity contribution is 0.00366. The first-order valence-electron chi connectivity index (χ1n) is 8.22. The Morgan fingerprint density at radius 2 is 2.19 bits per heavy atom. The van der Waals surface area contributed by atoms with E-state index in [-0.39, 0.29) is 0 Å². The number of likely N-dealkylation sites (N-methyl/N-ethyl adjacent to an activating group) is 1. The standard InChI is InChI=1S/C18H30N2O/c1-5-21-16-7-6-10-20(12-16)13-18(19-4)17-11-14(2)8-9-15(17)3/h8-9,11,16,18-19H,5-7,10,12-13H2,1-4H3.